The fraction of sp³-hybridized carbons (Fsp3) is 0.600. The minimum atomic E-state index is -0.974. The van der Waals surface area contributed by atoms with E-state index in [0.29, 0.717) is 28.8 Å². The van der Waals surface area contributed by atoms with Crippen LogP contribution in [0.5, 0.6) is 0 Å². The van der Waals surface area contributed by atoms with E-state index >= 15 is 0 Å². The first-order valence-electron chi connectivity index (χ1n) is 6.73. The van der Waals surface area contributed by atoms with Crippen molar-refractivity contribution in [2.24, 2.45) is 5.92 Å². The quantitative estimate of drug-likeness (QED) is 0.852. The second-order valence-corrected chi connectivity index (χ2v) is 6.22. The molecule has 0 aromatic heterocycles. The van der Waals surface area contributed by atoms with Crippen LogP contribution < -0.4 is 0 Å². The number of benzene rings is 1. The van der Waals surface area contributed by atoms with E-state index in [9.17, 15) is 9.50 Å². The lowest BCUT2D eigenvalue weighted by Crippen LogP contribution is -2.32. The molecule has 0 bridgehead atoms. The Balaban J connectivity index is 2.16. The highest BCUT2D eigenvalue weighted by molar-refractivity contribution is 9.10. The molecule has 1 N–H and O–H groups in total. The summed E-state index contributed by atoms with van der Waals surface area (Å²) in [7, 11) is 0. The van der Waals surface area contributed by atoms with Gasteiger partial charge in [0, 0.05) is 5.56 Å². The second-order valence-electron chi connectivity index (χ2n) is 5.37. The molecule has 0 spiro atoms. The fourth-order valence-electron chi connectivity index (χ4n) is 2.98. The molecule has 0 amide bonds. The molecule has 1 nitrogen and oxygen atoms in total. The average Bonchev–Trinajstić information content (AvgIpc) is 2.36. The van der Waals surface area contributed by atoms with E-state index in [1.54, 1.807) is 18.2 Å². The Morgan fingerprint density at radius 1 is 1.39 bits per heavy atom. The van der Waals surface area contributed by atoms with Crippen molar-refractivity contribution < 1.29 is 9.50 Å². The number of rotatable bonds is 3. The van der Waals surface area contributed by atoms with Gasteiger partial charge >= 0.3 is 0 Å². The molecule has 1 aliphatic rings. The van der Waals surface area contributed by atoms with E-state index in [0.717, 1.165) is 12.8 Å². The normalized spacial score (nSPS) is 28.3. The summed E-state index contributed by atoms with van der Waals surface area (Å²) in [6, 6.07) is 5.17. The highest BCUT2D eigenvalue weighted by Gasteiger charge is 2.36. The van der Waals surface area contributed by atoms with Crippen LogP contribution in [0.3, 0.4) is 0 Å². The first kappa shape index (κ1) is 14.0. The standard InChI is InChI=1S/C15H20BrFO/c1-2-4-11-7-9-15(18,10-8-11)12-5-3-6-13(16)14(12)17/h3,5-6,11,18H,2,4,7-10H2,1H3. The molecule has 1 fully saturated rings. The highest BCUT2D eigenvalue weighted by Crippen LogP contribution is 2.42. The lowest BCUT2D eigenvalue weighted by atomic mass is 9.74. The van der Waals surface area contributed by atoms with Gasteiger partial charge in [-0.3, -0.25) is 0 Å². The van der Waals surface area contributed by atoms with Crippen molar-refractivity contribution >= 4 is 15.9 Å². The van der Waals surface area contributed by atoms with Crippen LogP contribution >= 0.6 is 15.9 Å². The predicted molar refractivity (Wildman–Crippen MR) is 74.9 cm³/mol. The van der Waals surface area contributed by atoms with Crippen molar-refractivity contribution in [2.45, 2.75) is 51.0 Å². The predicted octanol–water partition coefficient (Wildman–Crippen LogP) is 4.77. The number of hydrogen-bond acceptors (Lipinski definition) is 1. The Kier molecular flexibility index (Phi) is 4.44. The minimum absolute atomic E-state index is 0.311. The van der Waals surface area contributed by atoms with Crippen molar-refractivity contribution in [3.63, 3.8) is 0 Å². The Labute approximate surface area is 117 Å². The molecule has 0 unspecified atom stereocenters. The van der Waals surface area contributed by atoms with E-state index in [-0.39, 0.29) is 5.82 Å². The molecular formula is C15H20BrFO. The molecule has 3 heteroatoms. The molecule has 0 atom stereocenters. The Hall–Kier alpha value is -0.410. The van der Waals surface area contributed by atoms with Gasteiger partial charge < -0.3 is 5.11 Å². The maximum Gasteiger partial charge on any atom is 0.143 e. The van der Waals surface area contributed by atoms with Gasteiger partial charge in [-0.2, -0.15) is 0 Å². The monoisotopic (exact) mass is 314 g/mol. The Morgan fingerprint density at radius 3 is 2.67 bits per heavy atom. The van der Waals surface area contributed by atoms with Crippen molar-refractivity contribution in [1.82, 2.24) is 0 Å². The number of hydrogen-bond donors (Lipinski definition) is 1. The lowest BCUT2D eigenvalue weighted by molar-refractivity contribution is -0.0181. The van der Waals surface area contributed by atoms with Gasteiger partial charge in [0.1, 0.15) is 5.82 Å². The summed E-state index contributed by atoms with van der Waals surface area (Å²) in [5.41, 5.74) is -0.523. The molecule has 2 rings (SSSR count). The van der Waals surface area contributed by atoms with E-state index in [4.69, 9.17) is 0 Å². The first-order valence-corrected chi connectivity index (χ1v) is 7.53. The zero-order valence-corrected chi connectivity index (χ0v) is 12.3. The highest BCUT2D eigenvalue weighted by atomic mass is 79.9. The van der Waals surface area contributed by atoms with Crippen molar-refractivity contribution in [1.29, 1.82) is 0 Å². The number of halogens is 2. The zero-order chi connectivity index (χ0) is 13.2. The van der Waals surface area contributed by atoms with Crippen LogP contribution in [0.2, 0.25) is 0 Å². The third-order valence-electron chi connectivity index (χ3n) is 4.08. The van der Waals surface area contributed by atoms with E-state index in [1.165, 1.54) is 12.8 Å². The second kappa shape index (κ2) is 5.70. The molecule has 0 radical (unpaired) electrons. The van der Waals surface area contributed by atoms with Gasteiger partial charge in [0.05, 0.1) is 10.1 Å². The lowest BCUT2D eigenvalue weighted by Gasteiger charge is -2.36. The summed E-state index contributed by atoms with van der Waals surface area (Å²) in [5, 5.41) is 10.7. The molecule has 0 aliphatic heterocycles. The topological polar surface area (TPSA) is 20.2 Å². The van der Waals surface area contributed by atoms with E-state index in [1.807, 2.05) is 0 Å². The zero-order valence-electron chi connectivity index (χ0n) is 10.8. The molecule has 1 aliphatic carbocycles. The van der Waals surface area contributed by atoms with Crippen LogP contribution in [0, 0.1) is 11.7 Å². The maximum absolute atomic E-state index is 14.1. The van der Waals surface area contributed by atoms with Crippen molar-refractivity contribution in [3.8, 4) is 0 Å². The first-order chi connectivity index (χ1) is 8.57. The Morgan fingerprint density at radius 2 is 2.06 bits per heavy atom. The van der Waals surface area contributed by atoms with Crippen LogP contribution in [-0.2, 0) is 5.60 Å². The fourth-order valence-corrected chi connectivity index (χ4v) is 3.35. The van der Waals surface area contributed by atoms with Gasteiger partial charge in [0.15, 0.2) is 0 Å². The van der Waals surface area contributed by atoms with Gasteiger partial charge in [0.25, 0.3) is 0 Å². The molecule has 1 aromatic rings. The summed E-state index contributed by atoms with van der Waals surface area (Å²) in [6.07, 6.45) is 5.74. The van der Waals surface area contributed by atoms with Gasteiger partial charge in [-0.1, -0.05) is 31.9 Å². The molecule has 18 heavy (non-hydrogen) atoms. The van der Waals surface area contributed by atoms with Crippen LogP contribution in [-0.4, -0.2) is 5.11 Å². The molecule has 0 heterocycles. The molecule has 1 saturated carbocycles. The SMILES string of the molecule is CCCC1CCC(O)(c2cccc(Br)c2F)CC1. The average molecular weight is 315 g/mol. The van der Waals surface area contributed by atoms with Gasteiger partial charge in [-0.15, -0.1) is 0 Å². The van der Waals surface area contributed by atoms with Crippen molar-refractivity contribution in [2.75, 3.05) is 0 Å². The van der Waals surface area contributed by atoms with Crippen LogP contribution in [0.15, 0.2) is 22.7 Å². The maximum atomic E-state index is 14.1. The van der Waals surface area contributed by atoms with E-state index < -0.39 is 5.60 Å². The van der Waals surface area contributed by atoms with Crippen LogP contribution in [0.4, 0.5) is 4.39 Å². The Bertz CT molecular complexity index is 411. The molecular weight excluding hydrogens is 295 g/mol. The van der Waals surface area contributed by atoms with Crippen LogP contribution in [0.1, 0.15) is 51.0 Å². The minimum Gasteiger partial charge on any atom is -0.385 e. The third kappa shape index (κ3) is 2.77. The van der Waals surface area contributed by atoms with E-state index in [2.05, 4.69) is 22.9 Å². The summed E-state index contributed by atoms with van der Waals surface area (Å²) < 4.78 is 14.5. The molecule has 0 saturated heterocycles. The largest absolute Gasteiger partial charge is 0.385 e. The van der Waals surface area contributed by atoms with Gasteiger partial charge in [0.2, 0.25) is 0 Å². The van der Waals surface area contributed by atoms with Gasteiger partial charge in [-0.25, -0.2) is 4.39 Å². The number of aliphatic hydroxyl groups is 1. The van der Waals surface area contributed by atoms with Gasteiger partial charge in [-0.05, 0) is 53.6 Å². The third-order valence-corrected chi connectivity index (χ3v) is 4.69. The molecule has 1 aromatic carbocycles. The summed E-state index contributed by atoms with van der Waals surface area (Å²) in [5.74, 6) is 0.388. The van der Waals surface area contributed by atoms with Crippen LogP contribution in [0.25, 0.3) is 0 Å². The summed E-state index contributed by atoms with van der Waals surface area (Å²) in [6.45, 7) is 2.19. The van der Waals surface area contributed by atoms with Crippen molar-refractivity contribution in [3.05, 3.63) is 34.1 Å². The molecule has 100 valence electrons. The smallest absolute Gasteiger partial charge is 0.143 e. The summed E-state index contributed by atoms with van der Waals surface area (Å²) >= 11 is 3.19. The summed E-state index contributed by atoms with van der Waals surface area (Å²) in [4.78, 5) is 0.